The molecule has 3 rings (SSSR count). The number of carbonyl (C=O) groups excluding carboxylic acids is 2. The number of carbonyl (C=O) groups is 2. The number of rotatable bonds is 2. The van der Waals surface area contributed by atoms with Crippen molar-refractivity contribution in [2.75, 3.05) is 24.5 Å². The van der Waals surface area contributed by atoms with Gasteiger partial charge in [0.25, 0.3) is 5.91 Å². The van der Waals surface area contributed by atoms with Crippen LogP contribution >= 0.6 is 0 Å². The molecule has 1 aliphatic heterocycles. The third kappa shape index (κ3) is 3.32. The Kier molecular flexibility index (Phi) is 4.65. The van der Waals surface area contributed by atoms with E-state index in [2.05, 4.69) is 0 Å². The molecular weight excluding hydrogens is 300 g/mol. The van der Waals surface area contributed by atoms with Crippen LogP contribution in [0, 0.1) is 13.8 Å². The highest BCUT2D eigenvalue weighted by atomic mass is 16.2. The monoisotopic (exact) mass is 322 g/mol. The number of para-hydroxylation sites is 1. The maximum absolute atomic E-state index is 12.8. The lowest BCUT2D eigenvalue weighted by molar-refractivity contribution is -0.118. The van der Waals surface area contributed by atoms with E-state index in [9.17, 15) is 9.59 Å². The summed E-state index contributed by atoms with van der Waals surface area (Å²) in [6.45, 7) is 5.38. The van der Waals surface area contributed by atoms with Crippen molar-refractivity contribution in [3.8, 4) is 0 Å². The second kappa shape index (κ2) is 6.87. The molecular formula is C20H22N2O2. The molecule has 1 fully saturated rings. The molecule has 1 aliphatic rings. The van der Waals surface area contributed by atoms with E-state index in [1.54, 1.807) is 9.80 Å². The second-order valence-electron chi connectivity index (χ2n) is 6.26. The van der Waals surface area contributed by atoms with Crippen LogP contribution in [-0.2, 0) is 4.79 Å². The van der Waals surface area contributed by atoms with Gasteiger partial charge in [0.05, 0.1) is 0 Å². The van der Waals surface area contributed by atoms with Gasteiger partial charge in [0.1, 0.15) is 6.54 Å². The van der Waals surface area contributed by atoms with E-state index in [4.69, 9.17) is 0 Å². The first-order valence-corrected chi connectivity index (χ1v) is 8.28. The molecule has 124 valence electrons. The summed E-state index contributed by atoms with van der Waals surface area (Å²) in [4.78, 5) is 28.8. The van der Waals surface area contributed by atoms with Gasteiger partial charge in [-0.1, -0.05) is 24.3 Å². The van der Waals surface area contributed by atoms with E-state index < -0.39 is 0 Å². The van der Waals surface area contributed by atoms with Crippen LogP contribution in [0.1, 0.15) is 27.9 Å². The molecule has 2 aromatic carbocycles. The number of amides is 2. The third-order valence-electron chi connectivity index (χ3n) is 4.55. The van der Waals surface area contributed by atoms with E-state index in [1.807, 2.05) is 62.4 Å². The number of hydrogen-bond acceptors (Lipinski definition) is 2. The van der Waals surface area contributed by atoms with Crippen molar-refractivity contribution in [2.24, 2.45) is 0 Å². The molecule has 4 heteroatoms. The molecule has 2 aromatic rings. The first kappa shape index (κ1) is 16.2. The summed E-state index contributed by atoms with van der Waals surface area (Å²) in [5, 5.41) is 0. The normalized spacial score (nSPS) is 15.3. The summed E-state index contributed by atoms with van der Waals surface area (Å²) in [5.74, 6) is -0.0998. The summed E-state index contributed by atoms with van der Waals surface area (Å²) in [7, 11) is 0. The van der Waals surface area contributed by atoms with Crippen molar-refractivity contribution in [1.82, 2.24) is 4.90 Å². The van der Waals surface area contributed by atoms with Crippen molar-refractivity contribution in [3.63, 3.8) is 0 Å². The summed E-state index contributed by atoms with van der Waals surface area (Å²) in [5.41, 5.74) is 3.80. The van der Waals surface area contributed by atoms with Gasteiger partial charge in [0, 0.05) is 24.3 Å². The van der Waals surface area contributed by atoms with Crippen molar-refractivity contribution in [3.05, 3.63) is 65.2 Å². The average molecular weight is 322 g/mol. The van der Waals surface area contributed by atoms with Gasteiger partial charge in [-0.3, -0.25) is 9.59 Å². The van der Waals surface area contributed by atoms with Crippen molar-refractivity contribution in [2.45, 2.75) is 20.3 Å². The van der Waals surface area contributed by atoms with Gasteiger partial charge in [-0.15, -0.1) is 0 Å². The van der Waals surface area contributed by atoms with Crippen molar-refractivity contribution >= 4 is 17.5 Å². The van der Waals surface area contributed by atoms with Crippen LogP contribution < -0.4 is 4.90 Å². The Bertz CT molecular complexity index is 755. The lowest BCUT2D eigenvalue weighted by Gasteiger charge is -2.22. The zero-order valence-corrected chi connectivity index (χ0v) is 14.2. The smallest absolute Gasteiger partial charge is 0.254 e. The predicted octanol–water partition coefficient (Wildman–Crippen LogP) is 3.18. The Morgan fingerprint density at radius 1 is 0.958 bits per heavy atom. The highest BCUT2D eigenvalue weighted by Gasteiger charge is 2.26. The Morgan fingerprint density at radius 2 is 1.71 bits per heavy atom. The van der Waals surface area contributed by atoms with Gasteiger partial charge < -0.3 is 9.80 Å². The van der Waals surface area contributed by atoms with Crippen LogP contribution in [0.5, 0.6) is 0 Å². The van der Waals surface area contributed by atoms with Crippen molar-refractivity contribution in [1.29, 1.82) is 0 Å². The van der Waals surface area contributed by atoms with Gasteiger partial charge in [-0.2, -0.15) is 0 Å². The minimum Gasteiger partial charge on any atom is -0.329 e. The SMILES string of the molecule is Cc1ccc(C(=O)N2CCCN(c3ccccc3)C(=O)C2)cc1C. The summed E-state index contributed by atoms with van der Waals surface area (Å²) in [6.07, 6.45) is 0.775. The highest BCUT2D eigenvalue weighted by molar-refractivity contribution is 6.00. The van der Waals surface area contributed by atoms with E-state index in [-0.39, 0.29) is 18.4 Å². The molecule has 0 N–H and O–H groups in total. The molecule has 0 aliphatic carbocycles. The molecule has 0 saturated carbocycles. The maximum Gasteiger partial charge on any atom is 0.254 e. The molecule has 24 heavy (non-hydrogen) atoms. The first-order chi connectivity index (χ1) is 11.6. The first-order valence-electron chi connectivity index (χ1n) is 8.28. The molecule has 4 nitrogen and oxygen atoms in total. The lowest BCUT2D eigenvalue weighted by Crippen LogP contribution is -2.39. The van der Waals surface area contributed by atoms with Crippen LogP contribution in [0.15, 0.2) is 48.5 Å². The number of benzene rings is 2. The minimum absolute atomic E-state index is 0.0316. The van der Waals surface area contributed by atoms with Crippen LogP contribution in [-0.4, -0.2) is 36.3 Å². The summed E-state index contributed by atoms with van der Waals surface area (Å²) < 4.78 is 0. The number of aryl methyl sites for hydroxylation is 2. The van der Waals surface area contributed by atoms with E-state index in [0.717, 1.165) is 23.2 Å². The lowest BCUT2D eigenvalue weighted by atomic mass is 10.1. The topological polar surface area (TPSA) is 40.6 Å². The fourth-order valence-corrected chi connectivity index (χ4v) is 2.98. The quantitative estimate of drug-likeness (QED) is 0.852. The van der Waals surface area contributed by atoms with Gasteiger partial charge in [-0.25, -0.2) is 0 Å². The second-order valence-corrected chi connectivity index (χ2v) is 6.26. The molecule has 1 heterocycles. The number of hydrogen-bond donors (Lipinski definition) is 0. The average Bonchev–Trinajstić information content (AvgIpc) is 2.79. The minimum atomic E-state index is -0.0682. The molecule has 0 unspecified atom stereocenters. The fourth-order valence-electron chi connectivity index (χ4n) is 2.98. The third-order valence-corrected chi connectivity index (χ3v) is 4.55. The number of anilines is 1. The largest absolute Gasteiger partial charge is 0.329 e. The molecule has 0 radical (unpaired) electrons. The molecule has 1 saturated heterocycles. The van der Waals surface area contributed by atoms with Gasteiger partial charge in [0.2, 0.25) is 5.91 Å². The summed E-state index contributed by atoms with van der Waals surface area (Å²) >= 11 is 0. The standard InChI is InChI=1S/C20H22N2O2/c1-15-9-10-17(13-16(15)2)20(24)21-11-6-12-22(19(23)14-21)18-7-4-3-5-8-18/h3-5,7-10,13H,6,11-12,14H2,1-2H3. The van der Waals surface area contributed by atoms with Gasteiger partial charge in [0.15, 0.2) is 0 Å². The summed E-state index contributed by atoms with van der Waals surface area (Å²) in [6, 6.07) is 15.3. The molecule has 0 bridgehead atoms. The van der Waals surface area contributed by atoms with E-state index in [1.165, 1.54) is 0 Å². The van der Waals surface area contributed by atoms with Crippen LogP contribution in [0.25, 0.3) is 0 Å². The van der Waals surface area contributed by atoms with E-state index >= 15 is 0 Å². The zero-order chi connectivity index (χ0) is 17.1. The molecule has 0 aromatic heterocycles. The number of nitrogens with zero attached hydrogens (tertiary/aromatic N) is 2. The highest BCUT2D eigenvalue weighted by Crippen LogP contribution is 2.18. The van der Waals surface area contributed by atoms with Crippen LogP contribution in [0.4, 0.5) is 5.69 Å². The Balaban J connectivity index is 1.77. The Labute approximate surface area is 142 Å². The van der Waals surface area contributed by atoms with Crippen LogP contribution in [0.2, 0.25) is 0 Å². The van der Waals surface area contributed by atoms with Crippen LogP contribution in [0.3, 0.4) is 0 Å². The molecule has 0 atom stereocenters. The Morgan fingerprint density at radius 3 is 2.42 bits per heavy atom. The van der Waals surface area contributed by atoms with E-state index in [0.29, 0.717) is 18.7 Å². The maximum atomic E-state index is 12.8. The predicted molar refractivity (Wildman–Crippen MR) is 95.2 cm³/mol. The van der Waals surface area contributed by atoms with Crippen molar-refractivity contribution < 1.29 is 9.59 Å². The fraction of sp³-hybridized carbons (Fsp3) is 0.300. The van der Waals surface area contributed by atoms with Gasteiger partial charge in [-0.05, 0) is 55.7 Å². The molecule has 0 spiro atoms. The molecule has 2 amide bonds. The van der Waals surface area contributed by atoms with Gasteiger partial charge >= 0.3 is 0 Å². The zero-order valence-electron chi connectivity index (χ0n) is 14.2. The Hall–Kier alpha value is -2.62.